The third-order valence-corrected chi connectivity index (χ3v) is 7.49. The van der Waals surface area contributed by atoms with Gasteiger partial charge in [0.05, 0.1) is 33.8 Å². The van der Waals surface area contributed by atoms with Crippen LogP contribution in [0.3, 0.4) is 0 Å². The maximum absolute atomic E-state index is 12.3. The van der Waals surface area contributed by atoms with Crippen LogP contribution in [0, 0.1) is 6.92 Å². The molecule has 36 heavy (non-hydrogen) atoms. The first-order chi connectivity index (χ1) is 17.1. The van der Waals surface area contributed by atoms with Crippen LogP contribution >= 0.6 is 0 Å². The molecule has 3 aromatic heterocycles. The van der Waals surface area contributed by atoms with E-state index in [1.807, 2.05) is 32.2 Å². The van der Waals surface area contributed by atoms with Crippen LogP contribution in [0.4, 0.5) is 28.7 Å². The van der Waals surface area contributed by atoms with E-state index in [-0.39, 0.29) is 4.90 Å². The van der Waals surface area contributed by atoms with E-state index in [4.69, 9.17) is 0 Å². The molecule has 5 rings (SSSR count). The van der Waals surface area contributed by atoms with E-state index in [0.29, 0.717) is 40.0 Å². The number of hydrogen-bond donors (Lipinski definition) is 4. The molecule has 0 aliphatic carbocycles. The predicted molar refractivity (Wildman–Crippen MR) is 141 cm³/mol. The molecular weight excluding hydrogens is 478 g/mol. The molecule has 4 N–H and O–H groups in total. The van der Waals surface area contributed by atoms with Crippen LogP contribution in [0.1, 0.15) is 25.6 Å². The van der Waals surface area contributed by atoms with Crippen molar-refractivity contribution in [3.8, 4) is 0 Å². The molecule has 0 unspecified atom stereocenters. The second-order valence-electron chi connectivity index (χ2n) is 9.48. The van der Waals surface area contributed by atoms with Crippen molar-refractivity contribution in [2.24, 2.45) is 0 Å². The Morgan fingerprint density at radius 1 is 1.03 bits per heavy atom. The molecule has 1 saturated heterocycles. The highest BCUT2D eigenvalue weighted by Gasteiger charge is 2.27. The molecule has 1 aliphatic rings. The number of nitrogens with zero attached hydrogens (tertiary/aromatic N) is 4. The molecule has 4 heterocycles. The highest BCUT2D eigenvalue weighted by Crippen LogP contribution is 2.31. The SMILES string of the molecule is Cc1nc2c(Nc3ccccc3S(C)(=O)=O)cc(Nc3ccc(N4CCC(C)(O)CC4)cn3)nc2[nH]1. The first-order valence-electron chi connectivity index (χ1n) is 11.7. The smallest absolute Gasteiger partial charge is 0.177 e. The van der Waals surface area contributed by atoms with Crippen LogP contribution in [-0.4, -0.2) is 58.4 Å². The lowest BCUT2D eigenvalue weighted by Gasteiger charge is -2.36. The number of pyridine rings is 2. The fraction of sp³-hybridized carbons (Fsp3) is 0.320. The summed E-state index contributed by atoms with van der Waals surface area (Å²) < 4.78 is 24.6. The van der Waals surface area contributed by atoms with E-state index in [1.165, 1.54) is 6.26 Å². The number of anilines is 5. The zero-order chi connectivity index (χ0) is 25.5. The van der Waals surface area contributed by atoms with E-state index in [2.05, 4.69) is 35.5 Å². The average Bonchev–Trinajstić information content (AvgIpc) is 3.20. The van der Waals surface area contributed by atoms with Gasteiger partial charge in [0.15, 0.2) is 15.5 Å². The number of aliphatic hydroxyl groups is 1. The number of rotatable bonds is 6. The molecule has 1 aliphatic heterocycles. The molecule has 1 fully saturated rings. The quantitative estimate of drug-likeness (QED) is 0.306. The second kappa shape index (κ2) is 9.07. The molecule has 188 valence electrons. The Morgan fingerprint density at radius 3 is 2.47 bits per heavy atom. The lowest BCUT2D eigenvalue weighted by Crippen LogP contribution is -2.42. The molecule has 10 nitrogen and oxygen atoms in total. The maximum atomic E-state index is 12.3. The monoisotopic (exact) mass is 507 g/mol. The van der Waals surface area contributed by atoms with Crippen molar-refractivity contribution in [3.05, 3.63) is 54.5 Å². The van der Waals surface area contributed by atoms with Crippen molar-refractivity contribution in [2.75, 3.05) is 34.9 Å². The fourth-order valence-corrected chi connectivity index (χ4v) is 5.17. The Hall–Kier alpha value is -3.70. The van der Waals surface area contributed by atoms with Crippen molar-refractivity contribution in [1.82, 2.24) is 19.9 Å². The van der Waals surface area contributed by atoms with E-state index in [9.17, 15) is 13.5 Å². The zero-order valence-electron chi connectivity index (χ0n) is 20.4. The minimum absolute atomic E-state index is 0.202. The van der Waals surface area contributed by atoms with E-state index in [0.717, 1.165) is 31.6 Å². The number of nitrogens with one attached hydrogen (secondary N) is 3. The first kappa shape index (κ1) is 24.0. The van der Waals surface area contributed by atoms with Crippen molar-refractivity contribution in [2.45, 2.75) is 37.2 Å². The normalized spacial score (nSPS) is 15.7. The van der Waals surface area contributed by atoms with Gasteiger partial charge in [-0.2, -0.15) is 0 Å². The summed E-state index contributed by atoms with van der Waals surface area (Å²) in [6, 6.07) is 12.4. The maximum Gasteiger partial charge on any atom is 0.177 e. The zero-order valence-corrected chi connectivity index (χ0v) is 21.2. The van der Waals surface area contributed by atoms with Crippen LogP contribution in [-0.2, 0) is 9.84 Å². The lowest BCUT2D eigenvalue weighted by atomic mass is 9.94. The van der Waals surface area contributed by atoms with Crippen LogP contribution in [0.15, 0.2) is 53.6 Å². The minimum atomic E-state index is -3.43. The van der Waals surface area contributed by atoms with Gasteiger partial charge in [-0.1, -0.05) is 12.1 Å². The Morgan fingerprint density at radius 2 is 1.78 bits per heavy atom. The third-order valence-electron chi connectivity index (χ3n) is 6.34. The molecular formula is C25H29N7O3S. The number of H-pyrrole nitrogens is 1. The van der Waals surface area contributed by atoms with Gasteiger partial charge >= 0.3 is 0 Å². The van der Waals surface area contributed by atoms with Crippen LogP contribution in [0.2, 0.25) is 0 Å². The topological polar surface area (TPSA) is 136 Å². The highest BCUT2D eigenvalue weighted by molar-refractivity contribution is 7.90. The van der Waals surface area contributed by atoms with E-state index < -0.39 is 15.4 Å². The van der Waals surface area contributed by atoms with E-state index >= 15 is 0 Å². The van der Waals surface area contributed by atoms with Gasteiger partial charge < -0.3 is 25.6 Å². The first-order valence-corrected chi connectivity index (χ1v) is 13.6. The summed E-state index contributed by atoms with van der Waals surface area (Å²) in [5, 5.41) is 16.7. The Labute approximate surface area is 209 Å². The Kier molecular flexibility index (Phi) is 6.05. The minimum Gasteiger partial charge on any atom is -0.390 e. The standard InChI is InChI=1S/C25H29N7O3S/c1-16-27-23-19(29-18-6-4-5-7-20(18)36(3,34)35)14-22(31-24(23)28-16)30-21-9-8-17(15-26-21)32-12-10-25(2,33)11-13-32/h4-9,14-15,33H,10-13H2,1-3H3,(H3,26,27,28,29,30,31). The number of hydrogen-bond acceptors (Lipinski definition) is 9. The van der Waals surface area contributed by atoms with Crippen molar-refractivity contribution >= 4 is 49.7 Å². The Balaban J connectivity index is 1.42. The van der Waals surface area contributed by atoms with Crippen LogP contribution in [0.25, 0.3) is 11.2 Å². The number of fused-ring (bicyclic) bond motifs is 1. The average molecular weight is 508 g/mol. The summed E-state index contributed by atoms with van der Waals surface area (Å²) in [4.78, 5) is 19.3. The van der Waals surface area contributed by atoms with Crippen molar-refractivity contribution in [3.63, 3.8) is 0 Å². The number of benzene rings is 1. The van der Waals surface area contributed by atoms with Gasteiger partial charge in [-0.3, -0.25) is 0 Å². The van der Waals surface area contributed by atoms with Gasteiger partial charge in [0.2, 0.25) is 0 Å². The summed E-state index contributed by atoms with van der Waals surface area (Å²) in [5.74, 6) is 1.84. The van der Waals surface area contributed by atoms with E-state index in [1.54, 1.807) is 30.3 Å². The van der Waals surface area contributed by atoms with Crippen molar-refractivity contribution in [1.29, 1.82) is 0 Å². The van der Waals surface area contributed by atoms with Gasteiger partial charge in [-0.25, -0.2) is 23.4 Å². The molecule has 0 spiro atoms. The molecule has 0 radical (unpaired) electrons. The van der Waals surface area contributed by atoms with Gasteiger partial charge in [0.25, 0.3) is 0 Å². The fourth-order valence-electron chi connectivity index (χ4n) is 4.33. The number of aromatic amines is 1. The van der Waals surface area contributed by atoms with Gasteiger partial charge in [0.1, 0.15) is 23.0 Å². The Bertz CT molecular complexity index is 1500. The molecule has 0 atom stereocenters. The number of sulfone groups is 1. The second-order valence-corrected chi connectivity index (χ2v) is 11.5. The molecule has 11 heteroatoms. The number of imidazole rings is 1. The molecule has 0 amide bonds. The third kappa shape index (κ3) is 5.12. The highest BCUT2D eigenvalue weighted by atomic mass is 32.2. The number of piperidine rings is 1. The summed E-state index contributed by atoms with van der Waals surface area (Å²) >= 11 is 0. The molecule has 0 bridgehead atoms. The lowest BCUT2D eigenvalue weighted by molar-refractivity contribution is 0.0351. The van der Waals surface area contributed by atoms with Gasteiger partial charge in [-0.05, 0) is 51.0 Å². The number of aromatic nitrogens is 4. The predicted octanol–water partition coefficient (Wildman–Crippen LogP) is 3.90. The molecule has 0 saturated carbocycles. The number of para-hydroxylation sites is 1. The molecule has 1 aromatic carbocycles. The summed E-state index contributed by atoms with van der Waals surface area (Å²) in [6.45, 7) is 5.28. The summed E-state index contributed by atoms with van der Waals surface area (Å²) in [7, 11) is -3.43. The van der Waals surface area contributed by atoms with Gasteiger partial charge in [0, 0.05) is 25.4 Å². The largest absolute Gasteiger partial charge is 0.390 e. The van der Waals surface area contributed by atoms with Crippen molar-refractivity contribution < 1.29 is 13.5 Å². The number of aryl methyl sites for hydroxylation is 1. The summed E-state index contributed by atoms with van der Waals surface area (Å²) in [5.41, 5.74) is 2.64. The molecule has 4 aromatic rings. The van der Waals surface area contributed by atoms with Gasteiger partial charge in [-0.15, -0.1) is 0 Å². The van der Waals surface area contributed by atoms with Crippen LogP contribution in [0.5, 0.6) is 0 Å². The van der Waals surface area contributed by atoms with Crippen LogP contribution < -0.4 is 15.5 Å². The summed E-state index contributed by atoms with van der Waals surface area (Å²) in [6.07, 6.45) is 4.43.